The largest absolute Gasteiger partial charge is 0.378 e. The number of nitrogens with one attached hydrogen (secondary N) is 1. The van der Waals surface area contributed by atoms with Crippen LogP contribution in [-0.4, -0.2) is 65.8 Å². The Morgan fingerprint density at radius 3 is 2.64 bits per heavy atom. The van der Waals surface area contributed by atoms with E-state index in [4.69, 9.17) is 0 Å². The number of fused-ring (bicyclic) bond motifs is 1. The van der Waals surface area contributed by atoms with Crippen molar-refractivity contribution >= 4 is 17.7 Å². The van der Waals surface area contributed by atoms with Gasteiger partial charge in [0.15, 0.2) is 0 Å². The minimum atomic E-state index is 0.210. The van der Waals surface area contributed by atoms with Gasteiger partial charge in [0.25, 0.3) is 0 Å². The lowest BCUT2D eigenvalue weighted by Crippen LogP contribution is -2.33. The molecule has 0 atom stereocenters. The molecule has 0 spiro atoms. The summed E-state index contributed by atoms with van der Waals surface area (Å²) in [7, 11) is 4.12. The first kappa shape index (κ1) is 23.5. The normalized spacial score (nSPS) is 17.6. The summed E-state index contributed by atoms with van der Waals surface area (Å²) < 4.78 is 2.26. The number of carbonyl (C=O) groups is 1. The van der Waals surface area contributed by atoms with E-state index >= 15 is 0 Å². The van der Waals surface area contributed by atoms with Crippen molar-refractivity contribution in [1.29, 1.82) is 0 Å². The Labute approximate surface area is 197 Å². The highest BCUT2D eigenvalue weighted by molar-refractivity contribution is 5.78. The van der Waals surface area contributed by atoms with Crippen LogP contribution in [0.25, 0.3) is 6.08 Å². The van der Waals surface area contributed by atoms with Crippen LogP contribution in [0.3, 0.4) is 0 Å². The Morgan fingerprint density at radius 1 is 1.09 bits per heavy atom. The molecule has 1 saturated carbocycles. The maximum absolute atomic E-state index is 12.4. The quantitative estimate of drug-likeness (QED) is 0.669. The van der Waals surface area contributed by atoms with E-state index in [0.29, 0.717) is 6.54 Å². The second-order valence-electron chi connectivity index (χ2n) is 9.50. The molecule has 0 saturated heterocycles. The van der Waals surface area contributed by atoms with Crippen molar-refractivity contribution in [2.45, 2.75) is 51.5 Å². The number of hydrogen-bond donors (Lipinski definition) is 1. The van der Waals surface area contributed by atoms with Gasteiger partial charge in [0.2, 0.25) is 5.91 Å². The summed E-state index contributed by atoms with van der Waals surface area (Å²) in [5, 5.41) is 12.0. The molecule has 1 fully saturated rings. The molecule has 2 heterocycles. The third-order valence-corrected chi connectivity index (χ3v) is 6.90. The maximum atomic E-state index is 12.4. The predicted molar refractivity (Wildman–Crippen MR) is 133 cm³/mol. The molecule has 1 amide bonds. The van der Waals surface area contributed by atoms with Crippen LogP contribution in [0.1, 0.15) is 49.3 Å². The van der Waals surface area contributed by atoms with E-state index < -0.39 is 0 Å². The Kier molecular flexibility index (Phi) is 8.15. The smallest absolute Gasteiger partial charge is 0.223 e. The lowest BCUT2D eigenvalue weighted by Gasteiger charge is -2.20. The summed E-state index contributed by atoms with van der Waals surface area (Å²) in [6.45, 7) is 4.45. The molecule has 1 aliphatic carbocycles. The standard InChI is InChI=1S/C26H38N6O/c1-30(2)23-12-10-21(11-13-23)7-6-17-31-18-15-25-29-28-24(32(25)20-19-31)14-16-27-26(33)22-8-4-3-5-9-22/h6-7,10-13,22H,3-5,8-9,14-20H2,1-2H3,(H,27,33). The van der Waals surface area contributed by atoms with Gasteiger partial charge in [-0.2, -0.15) is 0 Å². The van der Waals surface area contributed by atoms with Crippen molar-refractivity contribution in [2.24, 2.45) is 5.92 Å². The zero-order valence-corrected chi connectivity index (χ0v) is 20.2. The molecule has 0 radical (unpaired) electrons. The highest BCUT2D eigenvalue weighted by Crippen LogP contribution is 2.23. The molecule has 7 heteroatoms. The average Bonchev–Trinajstić information content (AvgIpc) is 3.11. The fraction of sp³-hybridized carbons (Fsp3) is 0.577. The Hall–Kier alpha value is -2.67. The lowest BCUT2D eigenvalue weighted by atomic mass is 9.89. The molecular formula is C26H38N6O. The molecule has 1 aromatic heterocycles. The fourth-order valence-corrected chi connectivity index (χ4v) is 4.82. The Bertz CT molecular complexity index is 927. The highest BCUT2D eigenvalue weighted by Gasteiger charge is 2.21. The van der Waals surface area contributed by atoms with Gasteiger partial charge in [-0.15, -0.1) is 10.2 Å². The number of aromatic nitrogens is 3. The summed E-state index contributed by atoms with van der Waals surface area (Å²) in [6, 6.07) is 8.62. The molecule has 1 N–H and O–H groups in total. The van der Waals surface area contributed by atoms with E-state index in [1.165, 1.54) is 30.5 Å². The molecule has 0 bridgehead atoms. The molecular weight excluding hydrogens is 412 g/mol. The van der Waals surface area contributed by atoms with E-state index in [1.807, 2.05) is 0 Å². The molecule has 7 nitrogen and oxygen atoms in total. The minimum absolute atomic E-state index is 0.210. The topological polar surface area (TPSA) is 66.3 Å². The van der Waals surface area contributed by atoms with Gasteiger partial charge in [0, 0.05) is 71.3 Å². The van der Waals surface area contributed by atoms with E-state index in [2.05, 4.69) is 80.4 Å². The molecule has 1 aliphatic heterocycles. The Balaban J connectivity index is 1.23. The molecule has 0 unspecified atom stereocenters. The highest BCUT2D eigenvalue weighted by atomic mass is 16.1. The van der Waals surface area contributed by atoms with Crippen LogP contribution >= 0.6 is 0 Å². The van der Waals surface area contributed by atoms with E-state index in [-0.39, 0.29) is 11.8 Å². The number of hydrogen-bond acceptors (Lipinski definition) is 5. The summed E-state index contributed by atoms with van der Waals surface area (Å²) in [6.07, 6.45) is 11.8. The van der Waals surface area contributed by atoms with Crippen molar-refractivity contribution in [3.05, 3.63) is 47.6 Å². The average molecular weight is 451 g/mol. The van der Waals surface area contributed by atoms with Crippen LogP contribution in [-0.2, 0) is 24.2 Å². The van der Waals surface area contributed by atoms with Gasteiger partial charge in [-0.3, -0.25) is 9.69 Å². The number of amides is 1. The van der Waals surface area contributed by atoms with Crippen LogP contribution in [0, 0.1) is 5.92 Å². The van der Waals surface area contributed by atoms with Crippen molar-refractivity contribution in [3.63, 3.8) is 0 Å². The summed E-state index contributed by atoms with van der Waals surface area (Å²) >= 11 is 0. The summed E-state index contributed by atoms with van der Waals surface area (Å²) in [5.74, 6) is 2.49. The van der Waals surface area contributed by atoms with Crippen LogP contribution in [0.4, 0.5) is 5.69 Å². The third-order valence-electron chi connectivity index (χ3n) is 6.90. The molecule has 4 rings (SSSR count). The van der Waals surface area contributed by atoms with Crippen LogP contribution in [0.2, 0.25) is 0 Å². The van der Waals surface area contributed by atoms with Crippen molar-refractivity contribution in [3.8, 4) is 0 Å². The molecule has 178 valence electrons. The van der Waals surface area contributed by atoms with Crippen molar-refractivity contribution in [2.75, 3.05) is 45.2 Å². The number of nitrogens with zero attached hydrogens (tertiary/aromatic N) is 5. The first-order valence-corrected chi connectivity index (χ1v) is 12.4. The molecule has 1 aromatic carbocycles. The molecule has 2 aliphatic rings. The van der Waals surface area contributed by atoms with Crippen LogP contribution < -0.4 is 10.2 Å². The van der Waals surface area contributed by atoms with Crippen molar-refractivity contribution < 1.29 is 4.79 Å². The number of carbonyl (C=O) groups excluding carboxylic acids is 1. The Morgan fingerprint density at radius 2 is 1.88 bits per heavy atom. The van der Waals surface area contributed by atoms with Gasteiger partial charge in [-0.05, 0) is 30.5 Å². The van der Waals surface area contributed by atoms with Gasteiger partial charge in [-0.1, -0.05) is 43.5 Å². The van der Waals surface area contributed by atoms with E-state index in [1.54, 1.807) is 0 Å². The zero-order chi connectivity index (χ0) is 23.0. The fourth-order valence-electron chi connectivity index (χ4n) is 4.82. The zero-order valence-electron chi connectivity index (χ0n) is 20.2. The number of benzene rings is 1. The van der Waals surface area contributed by atoms with Crippen molar-refractivity contribution in [1.82, 2.24) is 25.0 Å². The first-order chi connectivity index (χ1) is 16.1. The molecule has 2 aromatic rings. The van der Waals surface area contributed by atoms with E-state index in [0.717, 1.165) is 63.5 Å². The third kappa shape index (κ3) is 6.44. The summed E-state index contributed by atoms with van der Waals surface area (Å²) in [4.78, 5) is 17.0. The van der Waals surface area contributed by atoms with E-state index in [9.17, 15) is 4.79 Å². The summed E-state index contributed by atoms with van der Waals surface area (Å²) in [5.41, 5.74) is 2.44. The SMILES string of the molecule is CN(C)c1ccc(C=CCN2CCc3nnc(CCNC(=O)C4CCCCC4)n3CC2)cc1. The number of rotatable bonds is 8. The second kappa shape index (κ2) is 11.5. The monoisotopic (exact) mass is 450 g/mol. The van der Waals surface area contributed by atoms with Gasteiger partial charge in [0.1, 0.15) is 11.6 Å². The van der Waals surface area contributed by atoms with Gasteiger partial charge >= 0.3 is 0 Å². The molecule has 33 heavy (non-hydrogen) atoms. The van der Waals surface area contributed by atoms with Crippen LogP contribution in [0.5, 0.6) is 0 Å². The number of anilines is 1. The second-order valence-corrected chi connectivity index (χ2v) is 9.50. The minimum Gasteiger partial charge on any atom is -0.378 e. The predicted octanol–water partition coefficient (Wildman–Crippen LogP) is 3.15. The van der Waals surface area contributed by atoms with Crippen LogP contribution in [0.15, 0.2) is 30.3 Å². The van der Waals surface area contributed by atoms with Gasteiger partial charge in [-0.25, -0.2) is 0 Å². The van der Waals surface area contributed by atoms with Gasteiger partial charge < -0.3 is 14.8 Å². The van der Waals surface area contributed by atoms with Gasteiger partial charge in [0.05, 0.1) is 0 Å². The lowest BCUT2D eigenvalue weighted by molar-refractivity contribution is -0.125. The first-order valence-electron chi connectivity index (χ1n) is 12.4. The maximum Gasteiger partial charge on any atom is 0.223 e.